The van der Waals surface area contributed by atoms with E-state index < -0.39 is 11.9 Å². The number of carboxylic acid groups (broad SMARTS) is 1. The third-order valence-electron chi connectivity index (χ3n) is 4.22. The predicted molar refractivity (Wildman–Crippen MR) is 79.8 cm³/mol. The normalized spacial score (nSPS) is 21.0. The fraction of sp³-hybridized carbons (Fsp3) is 0.312. The first kappa shape index (κ1) is 14.3. The summed E-state index contributed by atoms with van der Waals surface area (Å²) in [5, 5.41) is 13.4. The van der Waals surface area contributed by atoms with Crippen molar-refractivity contribution in [2.75, 3.05) is 6.54 Å². The molecule has 2 aromatic rings. The lowest BCUT2D eigenvalue weighted by molar-refractivity contribution is -0.142. The number of rotatable bonds is 3. The molecule has 0 spiro atoms. The van der Waals surface area contributed by atoms with Gasteiger partial charge in [-0.3, -0.25) is 9.59 Å². The molecule has 0 bridgehead atoms. The molecule has 6 nitrogen and oxygen atoms in total. The molecule has 1 aromatic carbocycles. The summed E-state index contributed by atoms with van der Waals surface area (Å²) in [6, 6.07) is 8.71. The van der Waals surface area contributed by atoms with Gasteiger partial charge in [0.1, 0.15) is 0 Å². The zero-order valence-electron chi connectivity index (χ0n) is 12.2. The number of carbonyl (C=O) groups is 2. The van der Waals surface area contributed by atoms with Gasteiger partial charge in [-0.2, -0.15) is 5.10 Å². The topological polar surface area (TPSA) is 75.4 Å². The maximum atomic E-state index is 12.8. The van der Waals surface area contributed by atoms with Crippen LogP contribution in [0.3, 0.4) is 0 Å². The maximum Gasteiger partial charge on any atom is 0.308 e. The summed E-state index contributed by atoms with van der Waals surface area (Å²) in [6.45, 7) is 2.25. The van der Waals surface area contributed by atoms with Crippen molar-refractivity contribution in [1.82, 2.24) is 14.7 Å². The van der Waals surface area contributed by atoms with Crippen LogP contribution in [-0.2, 0) is 4.79 Å². The molecule has 1 saturated heterocycles. The molecule has 1 aliphatic rings. The van der Waals surface area contributed by atoms with Crippen molar-refractivity contribution in [3.05, 3.63) is 48.3 Å². The second-order valence-corrected chi connectivity index (χ2v) is 5.44. The van der Waals surface area contributed by atoms with E-state index in [1.54, 1.807) is 47.1 Å². The number of nitrogens with zero attached hydrogens (tertiary/aromatic N) is 3. The third kappa shape index (κ3) is 2.36. The highest BCUT2D eigenvalue weighted by atomic mass is 16.4. The Bertz CT molecular complexity index is 696. The minimum atomic E-state index is -0.844. The summed E-state index contributed by atoms with van der Waals surface area (Å²) in [5.74, 6) is -1.49. The molecule has 114 valence electrons. The number of benzene rings is 1. The molecular formula is C16H17N3O3. The Morgan fingerprint density at radius 2 is 2.05 bits per heavy atom. The van der Waals surface area contributed by atoms with Crippen LogP contribution < -0.4 is 0 Å². The van der Waals surface area contributed by atoms with Crippen molar-refractivity contribution in [2.45, 2.75) is 19.4 Å². The number of carbonyl (C=O) groups excluding carboxylic acids is 1. The first-order valence-corrected chi connectivity index (χ1v) is 7.22. The number of hydrogen-bond acceptors (Lipinski definition) is 3. The van der Waals surface area contributed by atoms with Gasteiger partial charge in [0.05, 0.1) is 17.2 Å². The van der Waals surface area contributed by atoms with Gasteiger partial charge in [0.25, 0.3) is 5.91 Å². The van der Waals surface area contributed by atoms with Gasteiger partial charge in [0, 0.05) is 25.0 Å². The monoisotopic (exact) mass is 299 g/mol. The van der Waals surface area contributed by atoms with Crippen LogP contribution in [0.25, 0.3) is 5.69 Å². The van der Waals surface area contributed by atoms with Crippen molar-refractivity contribution in [2.24, 2.45) is 5.92 Å². The quantitative estimate of drug-likeness (QED) is 0.938. The average molecular weight is 299 g/mol. The number of para-hydroxylation sites is 1. The molecule has 2 unspecified atom stereocenters. The van der Waals surface area contributed by atoms with Gasteiger partial charge in [-0.15, -0.1) is 0 Å². The molecule has 1 aliphatic heterocycles. The Hall–Kier alpha value is -2.63. The van der Waals surface area contributed by atoms with Crippen molar-refractivity contribution >= 4 is 11.9 Å². The number of aliphatic carboxylic acids is 1. The first-order chi connectivity index (χ1) is 10.6. The summed E-state index contributed by atoms with van der Waals surface area (Å²) in [5.41, 5.74) is 1.23. The smallest absolute Gasteiger partial charge is 0.308 e. The molecule has 3 rings (SSSR count). The number of aromatic nitrogens is 2. The van der Waals surface area contributed by atoms with E-state index in [0.717, 1.165) is 0 Å². The van der Waals surface area contributed by atoms with Gasteiger partial charge in [0.15, 0.2) is 0 Å². The van der Waals surface area contributed by atoms with Crippen LogP contribution in [0.1, 0.15) is 23.7 Å². The van der Waals surface area contributed by atoms with Crippen LogP contribution in [0.15, 0.2) is 42.7 Å². The van der Waals surface area contributed by atoms with E-state index >= 15 is 0 Å². The van der Waals surface area contributed by atoms with Gasteiger partial charge in [-0.05, 0) is 31.5 Å². The van der Waals surface area contributed by atoms with Crippen LogP contribution in [0.5, 0.6) is 0 Å². The number of likely N-dealkylation sites (tertiary alicyclic amines) is 1. The first-order valence-electron chi connectivity index (χ1n) is 7.22. The van der Waals surface area contributed by atoms with Gasteiger partial charge < -0.3 is 10.0 Å². The molecule has 1 fully saturated rings. The summed E-state index contributed by atoms with van der Waals surface area (Å²) in [6.07, 6.45) is 3.92. The van der Waals surface area contributed by atoms with E-state index in [0.29, 0.717) is 24.2 Å². The molecule has 22 heavy (non-hydrogen) atoms. The molecule has 2 atom stereocenters. The van der Waals surface area contributed by atoms with Crippen LogP contribution in [-0.4, -0.2) is 44.3 Å². The molecule has 1 N–H and O–H groups in total. The summed E-state index contributed by atoms with van der Waals surface area (Å²) < 4.78 is 1.64. The van der Waals surface area contributed by atoms with Crippen LogP contribution >= 0.6 is 0 Å². The van der Waals surface area contributed by atoms with Crippen molar-refractivity contribution in [3.63, 3.8) is 0 Å². The lowest BCUT2D eigenvalue weighted by Crippen LogP contribution is -2.38. The number of amides is 1. The molecular weight excluding hydrogens is 282 g/mol. The molecule has 1 amide bonds. The van der Waals surface area contributed by atoms with Crippen molar-refractivity contribution < 1.29 is 14.7 Å². The van der Waals surface area contributed by atoms with Crippen molar-refractivity contribution in [1.29, 1.82) is 0 Å². The average Bonchev–Trinajstić information content (AvgIpc) is 3.16. The van der Waals surface area contributed by atoms with E-state index in [2.05, 4.69) is 5.10 Å². The van der Waals surface area contributed by atoms with Crippen LogP contribution in [0.2, 0.25) is 0 Å². The van der Waals surface area contributed by atoms with E-state index in [1.165, 1.54) is 0 Å². The molecule has 0 aliphatic carbocycles. The van der Waals surface area contributed by atoms with E-state index in [9.17, 15) is 14.7 Å². The number of carboxylic acids is 1. The summed E-state index contributed by atoms with van der Waals surface area (Å²) in [7, 11) is 0. The molecule has 1 aromatic heterocycles. The highest BCUT2D eigenvalue weighted by Crippen LogP contribution is 2.27. The van der Waals surface area contributed by atoms with E-state index in [4.69, 9.17) is 0 Å². The van der Waals surface area contributed by atoms with Gasteiger partial charge in [-0.1, -0.05) is 12.1 Å². The Balaban J connectivity index is 1.92. The van der Waals surface area contributed by atoms with Gasteiger partial charge in [-0.25, -0.2) is 4.68 Å². The standard InChI is InChI=1S/C16H17N3O3/c1-11-12(16(21)22)7-10-18(11)15(20)13-5-2-3-6-14(13)19-9-4-8-17-19/h2-6,8-9,11-12H,7,10H2,1H3,(H,21,22). The molecule has 0 saturated carbocycles. The van der Waals surface area contributed by atoms with Gasteiger partial charge in [0.2, 0.25) is 0 Å². The molecule has 6 heteroatoms. The van der Waals surface area contributed by atoms with Gasteiger partial charge >= 0.3 is 5.97 Å². The highest BCUT2D eigenvalue weighted by molar-refractivity contribution is 5.98. The summed E-state index contributed by atoms with van der Waals surface area (Å²) in [4.78, 5) is 25.7. The fourth-order valence-corrected chi connectivity index (χ4v) is 2.98. The minimum Gasteiger partial charge on any atom is -0.481 e. The second kappa shape index (κ2) is 5.63. The Morgan fingerprint density at radius 3 is 2.68 bits per heavy atom. The lowest BCUT2D eigenvalue weighted by atomic mass is 10.0. The zero-order valence-corrected chi connectivity index (χ0v) is 12.2. The predicted octanol–water partition coefficient (Wildman–Crippen LogP) is 1.81. The Labute approximate surface area is 128 Å². The number of hydrogen-bond donors (Lipinski definition) is 1. The SMILES string of the molecule is CC1C(C(=O)O)CCN1C(=O)c1ccccc1-n1cccn1. The maximum absolute atomic E-state index is 12.8. The second-order valence-electron chi connectivity index (χ2n) is 5.44. The minimum absolute atomic E-state index is 0.151. The lowest BCUT2D eigenvalue weighted by Gasteiger charge is -2.24. The summed E-state index contributed by atoms with van der Waals surface area (Å²) >= 11 is 0. The fourth-order valence-electron chi connectivity index (χ4n) is 2.98. The third-order valence-corrected chi connectivity index (χ3v) is 4.22. The zero-order chi connectivity index (χ0) is 15.7. The van der Waals surface area contributed by atoms with Crippen LogP contribution in [0.4, 0.5) is 0 Å². The Kier molecular flexibility index (Phi) is 3.66. The van der Waals surface area contributed by atoms with E-state index in [-0.39, 0.29) is 11.9 Å². The van der Waals surface area contributed by atoms with E-state index in [1.807, 2.05) is 12.1 Å². The Morgan fingerprint density at radius 1 is 1.27 bits per heavy atom. The molecule has 2 heterocycles. The van der Waals surface area contributed by atoms with Crippen molar-refractivity contribution in [3.8, 4) is 5.69 Å². The van der Waals surface area contributed by atoms with Crippen LogP contribution in [0, 0.1) is 5.92 Å². The largest absolute Gasteiger partial charge is 0.481 e. The molecule has 0 radical (unpaired) electrons. The highest BCUT2D eigenvalue weighted by Gasteiger charge is 2.38.